The molecule has 3 atom stereocenters. The predicted molar refractivity (Wildman–Crippen MR) is 59.2 cm³/mol. The van der Waals surface area contributed by atoms with Crippen LogP contribution in [0, 0.1) is 5.92 Å². The highest BCUT2D eigenvalue weighted by molar-refractivity contribution is 4.93. The van der Waals surface area contributed by atoms with Gasteiger partial charge in [0, 0.05) is 18.1 Å². The van der Waals surface area contributed by atoms with E-state index in [9.17, 15) is 0 Å². The van der Waals surface area contributed by atoms with Gasteiger partial charge in [0.1, 0.15) is 0 Å². The van der Waals surface area contributed by atoms with Crippen LogP contribution in [-0.2, 0) is 0 Å². The Kier molecular flexibility index (Phi) is 3.42. The van der Waals surface area contributed by atoms with E-state index in [4.69, 9.17) is 5.73 Å². The fraction of sp³-hybridized carbons (Fsp3) is 1.00. The molecular formula is C11H23N3. The normalized spacial score (nSPS) is 41.1. The highest BCUT2D eigenvalue weighted by Gasteiger charge is 2.32. The molecule has 2 fully saturated rings. The van der Waals surface area contributed by atoms with Crippen LogP contribution in [0.2, 0.25) is 0 Å². The second-order valence-corrected chi connectivity index (χ2v) is 4.92. The lowest BCUT2D eigenvalue weighted by Gasteiger charge is -2.40. The molecule has 4 N–H and O–H groups in total. The van der Waals surface area contributed by atoms with E-state index in [-0.39, 0.29) is 0 Å². The summed E-state index contributed by atoms with van der Waals surface area (Å²) in [6.07, 6.45) is 5.02. The van der Waals surface area contributed by atoms with Crippen LogP contribution in [0.15, 0.2) is 0 Å². The SMILES string of the molecule is CC1CCC(N)C(C2CCNCC2)N1. The third kappa shape index (κ3) is 2.27. The van der Waals surface area contributed by atoms with Crippen molar-refractivity contribution >= 4 is 0 Å². The molecule has 3 unspecified atom stereocenters. The van der Waals surface area contributed by atoms with Crippen LogP contribution in [0.1, 0.15) is 32.6 Å². The maximum absolute atomic E-state index is 6.19. The Labute approximate surface area is 86.8 Å². The molecule has 0 saturated carbocycles. The molecule has 0 radical (unpaired) electrons. The minimum Gasteiger partial charge on any atom is -0.326 e. The first-order chi connectivity index (χ1) is 6.77. The zero-order valence-electron chi connectivity index (χ0n) is 9.13. The fourth-order valence-corrected chi connectivity index (χ4v) is 2.85. The average molecular weight is 197 g/mol. The predicted octanol–water partition coefficient (Wildman–Crippen LogP) is 0.454. The summed E-state index contributed by atoms with van der Waals surface area (Å²) < 4.78 is 0. The number of piperidine rings is 2. The van der Waals surface area contributed by atoms with Crippen LogP contribution in [0.5, 0.6) is 0 Å². The maximum Gasteiger partial charge on any atom is 0.0250 e. The second-order valence-electron chi connectivity index (χ2n) is 4.92. The summed E-state index contributed by atoms with van der Waals surface area (Å²) in [7, 11) is 0. The van der Waals surface area contributed by atoms with Gasteiger partial charge in [0.05, 0.1) is 0 Å². The van der Waals surface area contributed by atoms with Gasteiger partial charge in [-0.2, -0.15) is 0 Å². The van der Waals surface area contributed by atoms with Crippen molar-refractivity contribution < 1.29 is 0 Å². The third-order valence-corrected chi connectivity index (χ3v) is 3.76. The first kappa shape index (κ1) is 10.4. The van der Waals surface area contributed by atoms with Gasteiger partial charge in [-0.3, -0.25) is 0 Å². The molecule has 2 heterocycles. The van der Waals surface area contributed by atoms with Crippen LogP contribution in [-0.4, -0.2) is 31.2 Å². The van der Waals surface area contributed by atoms with Gasteiger partial charge in [-0.15, -0.1) is 0 Å². The summed E-state index contributed by atoms with van der Waals surface area (Å²) in [5.74, 6) is 0.800. The summed E-state index contributed by atoms with van der Waals surface area (Å²) in [6, 6.07) is 1.62. The van der Waals surface area contributed by atoms with E-state index in [0.29, 0.717) is 18.1 Å². The van der Waals surface area contributed by atoms with E-state index in [2.05, 4.69) is 17.6 Å². The summed E-state index contributed by atoms with van der Waals surface area (Å²) in [5, 5.41) is 7.09. The van der Waals surface area contributed by atoms with E-state index in [1.54, 1.807) is 0 Å². The molecule has 2 saturated heterocycles. The standard InChI is InChI=1S/C11H23N3/c1-8-2-3-10(12)11(14-8)9-4-6-13-7-5-9/h8-11,13-14H,2-7,12H2,1H3. The number of nitrogens with one attached hydrogen (secondary N) is 2. The van der Waals surface area contributed by atoms with Crippen LogP contribution in [0.4, 0.5) is 0 Å². The minimum atomic E-state index is 0.384. The quantitative estimate of drug-likeness (QED) is 0.572. The van der Waals surface area contributed by atoms with E-state index < -0.39 is 0 Å². The molecule has 0 aromatic rings. The van der Waals surface area contributed by atoms with Gasteiger partial charge in [0.15, 0.2) is 0 Å². The average Bonchev–Trinajstić information content (AvgIpc) is 2.23. The Morgan fingerprint density at radius 1 is 1.07 bits per heavy atom. The number of nitrogens with two attached hydrogens (primary N) is 1. The van der Waals surface area contributed by atoms with Gasteiger partial charge in [-0.25, -0.2) is 0 Å². The van der Waals surface area contributed by atoms with E-state index >= 15 is 0 Å². The maximum atomic E-state index is 6.19. The van der Waals surface area contributed by atoms with Gasteiger partial charge >= 0.3 is 0 Å². The summed E-state index contributed by atoms with van der Waals surface area (Å²) in [4.78, 5) is 0. The van der Waals surface area contributed by atoms with Crippen molar-refractivity contribution in [1.82, 2.24) is 10.6 Å². The number of hydrogen-bond donors (Lipinski definition) is 3. The molecule has 2 aliphatic rings. The van der Waals surface area contributed by atoms with Crippen LogP contribution in [0.3, 0.4) is 0 Å². The van der Waals surface area contributed by atoms with Crippen LogP contribution >= 0.6 is 0 Å². The molecule has 0 aliphatic carbocycles. The topological polar surface area (TPSA) is 50.1 Å². The third-order valence-electron chi connectivity index (χ3n) is 3.76. The summed E-state index contributed by atoms with van der Waals surface area (Å²) >= 11 is 0. The Morgan fingerprint density at radius 3 is 2.50 bits per heavy atom. The van der Waals surface area contributed by atoms with Crippen molar-refractivity contribution in [2.45, 2.75) is 50.7 Å². The molecular weight excluding hydrogens is 174 g/mol. The Morgan fingerprint density at radius 2 is 1.79 bits per heavy atom. The van der Waals surface area contributed by atoms with Crippen molar-refractivity contribution in [3.05, 3.63) is 0 Å². The lowest BCUT2D eigenvalue weighted by atomic mass is 9.81. The van der Waals surface area contributed by atoms with Gasteiger partial charge in [0.2, 0.25) is 0 Å². The monoisotopic (exact) mass is 197 g/mol. The molecule has 0 bridgehead atoms. The van der Waals surface area contributed by atoms with E-state index in [1.807, 2.05) is 0 Å². The van der Waals surface area contributed by atoms with Crippen molar-refractivity contribution in [3.8, 4) is 0 Å². The summed E-state index contributed by atoms with van der Waals surface area (Å²) in [5.41, 5.74) is 6.19. The molecule has 82 valence electrons. The Balaban J connectivity index is 1.92. The molecule has 2 rings (SSSR count). The first-order valence-electron chi connectivity index (χ1n) is 5.99. The number of rotatable bonds is 1. The number of hydrogen-bond acceptors (Lipinski definition) is 3. The molecule has 0 spiro atoms. The van der Waals surface area contributed by atoms with Crippen LogP contribution in [0.25, 0.3) is 0 Å². The van der Waals surface area contributed by atoms with E-state index in [1.165, 1.54) is 38.8 Å². The summed E-state index contributed by atoms with van der Waals surface area (Å²) in [6.45, 7) is 4.62. The van der Waals surface area contributed by atoms with Crippen molar-refractivity contribution in [1.29, 1.82) is 0 Å². The lowest BCUT2D eigenvalue weighted by Crippen LogP contribution is -2.57. The van der Waals surface area contributed by atoms with Crippen molar-refractivity contribution in [2.75, 3.05) is 13.1 Å². The smallest absolute Gasteiger partial charge is 0.0250 e. The van der Waals surface area contributed by atoms with Gasteiger partial charge in [0.25, 0.3) is 0 Å². The lowest BCUT2D eigenvalue weighted by molar-refractivity contribution is 0.194. The zero-order chi connectivity index (χ0) is 9.97. The fourth-order valence-electron chi connectivity index (χ4n) is 2.85. The van der Waals surface area contributed by atoms with Crippen molar-refractivity contribution in [2.24, 2.45) is 11.7 Å². The van der Waals surface area contributed by atoms with E-state index in [0.717, 1.165) is 5.92 Å². The van der Waals surface area contributed by atoms with Crippen molar-refractivity contribution in [3.63, 3.8) is 0 Å². The molecule has 0 aromatic heterocycles. The van der Waals surface area contributed by atoms with Crippen LogP contribution < -0.4 is 16.4 Å². The molecule has 3 nitrogen and oxygen atoms in total. The zero-order valence-corrected chi connectivity index (χ0v) is 9.13. The Bertz CT molecular complexity index is 177. The largest absolute Gasteiger partial charge is 0.326 e. The molecule has 0 amide bonds. The Hall–Kier alpha value is -0.120. The molecule has 2 aliphatic heterocycles. The highest BCUT2D eigenvalue weighted by atomic mass is 15.0. The molecule has 3 heteroatoms. The second kappa shape index (κ2) is 4.60. The minimum absolute atomic E-state index is 0.384. The first-order valence-corrected chi connectivity index (χ1v) is 5.99. The molecule has 14 heavy (non-hydrogen) atoms. The highest BCUT2D eigenvalue weighted by Crippen LogP contribution is 2.23. The van der Waals surface area contributed by atoms with Gasteiger partial charge < -0.3 is 16.4 Å². The molecule has 0 aromatic carbocycles. The van der Waals surface area contributed by atoms with Gasteiger partial charge in [-0.1, -0.05) is 0 Å². The van der Waals surface area contributed by atoms with Gasteiger partial charge in [-0.05, 0) is 51.6 Å².